The van der Waals surface area contributed by atoms with Crippen LogP contribution in [0.15, 0.2) is 57.9 Å². The molecular formula is C20H20N2O5S. The van der Waals surface area contributed by atoms with Crippen molar-refractivity contribution in [2.45, 2.75) is 31.8 Å². The van der Waals surface area contributed by atoms with Gasteiger partial charge in [0.15, 0.2) is 16.4 Å². The molecule has 28 heavy (non-hydrogen) atoms. The van der Waals surface area contributed by atoms with Crippen LogP contribution in [0.2, 0.25) is 0 Å². The fraction of sp³-hybridized carbons (Fsp3) is 0.250. The van der Waals surface area contributed by atoms with Crippen molar-refractivity contribution < 1.29 is 22.5 Å². The first-order valence-corrected chi connectivity index (χ1v) is 10.5. The SMILES string of the molecule is CCc1ccc(-c2noc(COC(=O)c3ccccc3S(=O)(=O)CC)n2)cc1. The van der Waals surface area contributed by atoms with E-state index < -0.39 is 15.8 Å². The van der Waals surface area contributed by atoms with Crippen molar-refractivity contribution in [1.82, 2.24) is 10.1 Å². The van der Waals surface area contributed by atoms with Gasteiger partial charge in [-0.3, -0.25) is 0 Å². The number of aromatic nitrogens is 2. The normalized spacial score (nSPS) is 11.4. The second kappa shape index (κ2) is 8.35. The molecule has 3 aromatic rings. The lowest BCUT2D eigenvalue weighted by Gasteiger charge is -2.08. The molecule has 0 aliphatic heterocycles. The van der Waals surface area contributed by atoms with Crippen LogP contribution in [0.5, 0.6) is 0 Å². The van der Waals surface area contributed by atoms with Gasteiger partial charge >= 0.3 is 5.97 Å². The number of sulfone groups is 1. The summed E-state index contributed by atoms with van der Waals surface area (Å²) in [6.45, 7) is 3.34. The number of ether oxygens (including phenoxy) is 1. The molecule has 0 bridgehead atoms. The molecule has 8 heteroatoms. The van der Waals surface area contributed by atoms with Crippen molar-refractivity contribution in [2.75, 3.05) is 5.75 Å². The van der Waals surface area contributed by atoms with Gasteiger partial charge in [-0.2, -0.15) is 4.98 Å². The summed E-state index contributed by atoms with van der Waals surface area (Å²) in [6, 6.07) is 13.7. The molecule has 146 valence electrons. The van der Waals surface area contributed by atoms with Gasteiger partial charge in [-0.05, 0) is 24.1 Å². The predicted molar refractivity (Wildman–Crippen MR) is 102 cm³/mol. The van der Waals surface area contributed by atoms with E-state index in [1.54, 1.807) is 12.1 Å². The van der Waals surface area contributed by atoms with Gasteiger partial charge in [-0.25, -0.2) is 13.2 Å². The average molecular weight is 400 g/mol. The largest absolute Gasteiger partial charge is 0.452 e. The van der Waals surface area contributed by atoms with Crippen LogP contribution in [0.1, 0.15) is 35.7 Å². The molecule has 0 amide bonds. The van der Waals surface area contributed by atoms with Crippen molar-refractivity contribution >= 4 is 15.8 Å². The average Bonchev–Trinajstić information content (AvgIpc) is 3.21. The van der Waals surface area contributed by atoms with Gasteiger partial charge in [0.2, 0.25) is 5.82 Å². The minimum atomic E-state index is -3.55. The molecule has 0 unspecified atom stereocenters. The monoisotopic (exact) mass is 400 g/mol. The zero-order valence-electron chi connectivity index (χ0n) is 15.6. The number of aryl methyl sites for hydroxylation is 1. The first-order valence-electron chi connectivity index (χ1n) is 8.85. The highest BCUT2D eigenvalue weighted by Crippen LogP contribution is 2.20. The predicted octanol–water partition coefficient (Wildman–Crippen LogP) is 3.45. The Morgan fingerprint density at radius 3 is 2.46 bits per heavy atom. The maximum absolute atomic E-state index is 12.4. The van der Waals surface area contributed by atoms with E-state index in [0.29, 0.717) is 5.82 Å². The van der Waals surface area contributed by atoms with Gasteiger partial charge in [-0.1, -0.05) is 55.4 Å². The number of hydrogen-bond acceptors (Lipinski definition) is 7. The van der Waals surface area contributed by atoms with Crippen LogP contribution in [0.4, 0.5) is 0 Å². The Morgan fingerprint density at radius 1 is 1.07 bits per heavy atom. The molecule has 3 rings (SSSR count). The maximum Gasteiger partial charge on any atom is 0.339 e. The van der Waals surface area contributed by atoms with E-state index in [4.69, 9.17) is 9.26 Å². The number of carbonyl (C=O) groups excluding carboxylic acids is 1. The Bertz CT molecular complexity index is 1070. The van der Waals surface area contributed by atoms with E-state index >= 15 is 0 Å². The lowest BCUT2D eigenvalue weighted by Crippen LogP contribution is -2.13. The highest BCUT2D eigenvalue weighted by Gasteiger charge is 2.22. The summed E-state index contributed by atoms with van der Waals surface area (Å²) in [7, 11) is -3.55. The molecule has 0 saturated carbocycles. The van der Waals surface area contributed by atoms with Crippen molar-refractivity contribution in [1.29, 1.82) is 0 Å². The summed E-state index contributed by atoms with van der Waals surface area (Å²) < 4.78 is 34.6. The van der Waals surface area contributed by atoms with Gasteiger partial charge in [-0.15, -0.1) is 0 Å². The maximum atomic E-state index is 12.4. The molecule has 0 saturated heterocycles. The zero-order chi connectivity index (χ0) is 20.1. The van der Waals surface area contributed by atoms with E-state index in [9.17, 15) is 13.2 Å². The lowest BCUT2D eigenvalue weighted by atomic mass is 10.1. The number of esters is 1. The molecule has 0 fully saturated rings. The summed E-state index contributed by atoms with van der Waals surface area (Å²) in [6.07, 6.45) is 0.933. The topological polar surface area (TPSA) is 99.4 Å². The standard InChI is InChI=1S/C20H20N2O5S/c1-3-14-9-11-15(12-10-14)19-21-18(27-22-19)13-26-20(23)16-7-5-6-8-17(16)28(24,25)4-2/h5-12H,3-4,13H2,1-2H3. The van der Waals surface area contributed by atoms with E-state index in [0.717, 1.165) is 12.0 Å². The van der Waals surface area contributed by atoms with Crippen LogP contribution >= 0.6 is 0 Å². The number of rotatable bonds is 7. The highest BCUT2D eigenvalue weighted by atomic mass is 32.2. The van der Waals surface area contributed by atoms with Crippen LogP contribution in [-0.2, 0) is 27.6 Å². The first kappa shape index (κ1) is 19.8. The third kappa shape index (κ3) is 4.28. The van der Waals surface area contributed by atoms with Crippen LogP contribution in [0.3, 0.4) is 0 Å². The minimum absolute atomic E-state index is 0.0146. The quantitative estimate of drug-likeness (QED) is 0.560. The molecule has 0 radical (unpaired) electrons. The Labute approximate surface area is 163 Å². The van der Waals surface area contributed by atoms with Crippen LogP contribution in [0, 0.1) is 0 Å². The summed E-state index contributed by atoms with van der Waals surface area (Å²) in [4.78, 5) is 16.5. The number of hydrogen-bond donors (Lipinski definition) is 0. The van der Waals surface area contributed by atoms with Crippen LogP contribution < -0.4 is 0 Å². The Morgan fingerprint density at radius 2 is 1.79 bits per heavy atom. The Hall–Kier alpha value is -3.00. The third-order valence-electron chi connectivity index (χ3n) is 4.24. The second-order valence-corrected chi connectivity index (χ2v) is 8.28. The van der Waals surface area contributed by atoms with E-state index in [1.807, 2.05) is 24.3 Å². The molecule has 0 aliphatic rings. The van der Waals surface area contributed by atoms with Crippen molar-refractivity contribution in [2.24, 2.45) is 0 Å². The third-order valence-corrected chi connectivity index (χ3v) is 6.02. The van der Waals surface area contributed by atoms with E-state index in [-0.39, 0.29) is 28.7 Å². The first-order chi connectivity index (χ1) is 13.4. The number of benzene rings is 2. The molecule has 1 aromatic heterocycles. The molecule has 1 heterocycles. The van der Waals surface area contributed by atoms with E-state index in [2.05, 4.69) is 17.1 Å². The molecule has 0 aliphatic carbocycles. The van der Waals surface area contributed by atoms with Crippen molar-refractivity contribution in [3.05, 3.63) is 65.5 Å². The van der Waals surface area contributed by atoms with Gasteiger partial charge in [0.1, 0.15) is 0 Å². The summed E-state index contributed by atoms with van der Waals surface area (Å²) in [5.74, 6) is -0.359. The van der Waals surface area contributed by atoms with Crippen LogP contribution in [-0.4, -0.2) is 30.3 Å². The molecule has 0 spiro atoms. The van der Waals surface area contributed by atoms with Crippen molar-refractivity contribution in [3.8, 4) is 11.4 Å². The number of carbonyl (C=O) groups is 1. The molecule has 0 N–H and O–H groups in total. The second-order valence-electron chi connectivity index (χ2n) is 6.04. The Kier molecular flexibility index (Phi) is 5.89. The zero-order valence-corrected chi connectivity index (χ0v) is 16.4. The minimum Gasteiger partial charge on any atom is -0.452 e. The fourth-order valence-corrected chi connectivity index (χ4v) is 3.67. The van der Waals surface area contributed by atoms with Crippen molar-refractivity contribution in [3.63, 3.8) is 0 Å². The lowest BCUT2D eigenvalue weighted by molar-refractivity contribution is 0.0425. The molecule has 7 nitrogen and oxygen atoms in total. The number of nitrogens with zero attached hydrogens (tertiary/aromatic N) is 2. The van der Waals surface area contributed by atoms with Gasteiger partial charge in [0, 0.05) is 5.56 Å². The summed E-state index contributed by atoms with van der Waals surface area (Å²) in [5.41, 5.74) is 1.97. The van der Waals surface area contributed by atoms with Gasteiger partial charge in [0.25, 0.3) is 5.89 Å². The summed E-state index contributed by atoms with van der Waals surface area (Å²) >= 11 is 0. The fourth-order valence-electron chi connectivity index (χ4n) is 2.59. The molecule has 2 aromatic carbocycles. The van der Waals surface area contributed by atoms with Crippen LogP contribution in [0.25, 0.3) is 11.4 Å². The van der Waals surface area contributed by atoms with Gasteiger partial charge in [0.05, 0.1) is 16.2 Å². The Balaban J connectivity index is 1.72. The summed E-state index contributed by atoms with van der Waals surface area (Å²) in [5, 5.41) is 3.89. The molecular weight excluding hydrogens is 380 g/mol. The van der Waals surface area contributed by atoms with E-state index in [1.165, 1.54) is 24.6 Å². The highest BCUT2D eigenvalue weighted by molar-refractivity contribution is 7.91. The van der Waals surface area contributed by atoms with Gasteiger partial charge < -0.3 is 9.26 Å². The molecule has 0 atom stereocenters. The smallest absolute Gasteiger partial charge is 0.339 e.